The van der Waals surface area contributed by atoms with Crippen molar-refractivity contribution in [3.63, 3.8) is 0 Å². The molecule has 0 bridgehead atoms. The summed E-state index contributed by atoms with van der Waals surface area (Å²) in [6, 6.07) is -0.298. The maximum atomic E-state index is 13.3. The summed E-state index contributed by atoms with van der Waals surface area (Å²) >= 11 is 0. The van der Waals surface area contributed by atoms with Crippen molar-refractivity contribution in [3.8, 4) is 0 Å². The normalized spacial score (nSPS) is 35.7. The summed E-state index contributed by atoms with van der Waals surface area (Å²) in [5, 5.41) is 11.4. The Bertz CT molecular complexity index is 285. The number of ether oxygens (including phenoxy) is 1. The number of aliphatic hydroxyl groups excluding tert-OH is 1. The fourth-order valence-electron chi connectivity index (χ4n) is 1.72. The minimum Gasteiger partial charge on any atom is -0.394 e. The predicted molar refractivity (Wildman–Crippen MR) is 49.6 cm³/mol. The lowest BCUT2D eigenvalue weighted by atomic mass is 10.2. The van der Waals surface area contributed by atoms with Crippen LogP contribution in [0.15, 0.2) is 12.3 Å². The van der Waals surface area contributed by atoms with Crippen LogP contribution in [-0.2, 0) is 4.74 Å². The molecule has 15 heavy (non-hydrogen) atoms. The average molecular weight is 216 g/mol. The Kier molecular flexibility index (Phi) is 2.88. The molecule has 0 aromatic heterocycles. The van der Waals surface area contributed by atoms with Gasteiger partial charge in [0.2, 0.25) is 0 Å². The van der Waals surface area contributed by atoms with Gasteiger partial charge in [-0.2, -0.15) is 0 Å². The Hall–Kier alpha value is -1.14. The van der Waals surface area contributed by atoms with Crippen molar-refractivity contribution in [3.05, 3.63) is 12.3 Å². The van der Waals surface area contributed by atoms with Crippen LogP contribution in [0.25, 0.3) is 0 Å². The summed E-state index contributed by atoms with van der Waals surface area (Å²) in [7, 11) is 0. The van der Waals surface area contributed by atoms with Gasteiger partial charge in [-0.1, -0.05) is 0 Å². The van der Waals surface area contributed by atoms with E-state index in [9.17, 15) is 9.18 Å². The van der Waals surface area contributed by atoms with Crippen molar-refractivity contribution in [2.75, 3.05) is 13.2 Å². The van der Waals surface area contributed by atoms with Gasteiger partial charge in [-0.25, -0.2) is 9.18 Å². The van der Waals surface area contributed by atoms with Crippen LogP contribution >= 0.6 is 0 Å². The number of urea groups is 1. The fraction of sp³-hybridized carbons (Fsp3) is 0.667. The maximum Gasteiger partial charge on any atom is 0.323 e. The molecule has 1 saturated heterocycles. The lowest BCUT2D eigenvalue weighted by Gasteiger charge is -2.27. The number of halogens is 1. The van der Waals surface area contributed by atoms with Gasteiger partial charge in [-0.15, -0.1) is 0 Å². The Morgan fingerprint density at radius 1 is 1.73 bits per heavy atom. The van der Waals surface area contributed by atoms with E-state index in [-0.39, 0.29) is 19.1 Å². The van der Waals surface area contributed by atoms with Crippen LogP contribution in [0.2, 0.25) is 0 Å². The van der Waals surface area contributed by atoms with Gasteiger partial charge in [0.15, 0.2) is 0 Å². The number of amides is 2. The number of nitrogens with zero attached hydrogens (tertiary/aromatic N) is 1. The standard InChI is InChI=1S/C9H13FN2O3/c10-6-4-8(15-7(6)5-13)12-3-1-2-11-9(12)14/h1,3,6-8,13H,2,4-5H2,(H,11,14). The third kappa shape index (κ3) is 1.95. The molecule has 6 heteroatoms. The third-order valence-electron chi connectivity index (χ3n) is 2.52. The van der Waals surface area contributed by atoms with Crippen molar-refractivity contribution in [2.45, 2.75) is 24.9 Å². The van der Waals surface area contributed by atoms with Gasteiger partial charge in [-0.05, 0) is 6.08 Å². The summed E-state index contributed by atoms with van der Waals surface area (Å²) in [5.74, 6) is 0. The van der Waals surface area contributed by atoms with E-state index < -0.39 is 18.5 Å². The number of aliphatic hydroxyl groups is 1. The van der Waals surface area contributed by atoms with Gasteiger partial charge < -0.3 is 15.2 Å². The number of hydrogen-bond donors (Lipinski definition) is 2. The quantitative estimate of drug-likeness (QED) is 0.681. The second-order valence-corrected chi connectivity index (χ2v) is 3.54. The van der Waals surface area contributed by atoms with Crippen molar-refractivity contribution in [1.82, 2.24) is 10.2 Å². The van der Waals surface area contributed by atoms with E-state index >= 15 is 0 Å². The Labute approximate surface area is 86.5 Å². The Morgan fingerprint density at radius 2 is 2.53 bits per heavy atom. The summed E-state index contributed by atoms with van der Waals surface area (Å²) in [6.45, 7) is 0.112. The molecule has 0 aromatic carbocycles. The van der Waals surface area contributed by atoms with Crippen molar-refractivity contribution in [2.24, 2.45) is 0 Å². The molecule has 0 aromatic rings. The highest BCUT2D eigenvalue weighted by atomic mass is 19.1. The first-order valence-electron chi connectivity index (χ1n) is 4.85. The molecule has 2 rings (SSSR count). The van der Waals surface area contributed by atoms with Crippen molar-refractivity contribution >= 4 is 6.03 Å². The summed E-state index contributed by atoms with van der Waals surface area (Å²) in [4.78, 5) is 12.7. The monoisotopic (exact) mass is 216 g/mol. The smallest absolute Gasteiger partial charge is 0.323 e. The van der Waals surface area contributed by atoms with Gasteiger partial charge >= 0.3 is 6.03 Å². The number of nitrogens with one attached hydrogen (secondary N) is 1. The highest BCUT2D eigenvalue weighted by Crippen LogP contribution is 2.26. The van der Waals surface area contributed by atoms with Gasteiger partial charge in [0.1, 0.15) is 18.5 Å². The highest BCUT2D eigenvalue weighted by molar-refractivity contribution is 5.76. The zero-order valence-electron chi connectivity index (χ0n) is 8.10. The highest BCUT2D eigenvalue weighted by Gasteiger charge is 2.39. The van der Waals surface area contributed by atoms with E-state index in [1.165, 1.54) is 4.90 Å². The molecule has 2 N–H and O–H groups in total. The SMILES string of the molecule is O=C1NCC=CN1C1CC(F)C(CO)O1. The molecule has 1 fully saturated rings. The molecular weight excluding hydrogens is 203 g/mol. The van der Waals surface area contributed by atoms with Crippen molar-refractivity contribution < 1.29 is 19.0 Å². The van der Waals surface area contributed by atoms with Gasteiger partial charge in [0, 0.05) is 19.2 Å². The molecule has 84 valence electrons. The van der Waals surface area contributed by atoms with Crippen LogP contribution in [-0.4, -0.2) is 47.7 Å². The first-order valence-corrected chi connectivity index (χ1v) is 4.85. The van der Waals surface area contributed by atoms with Crippen LogP contribution in [0.1, 0.15) is 6.42 Å². The first-order chi connectivity index (χ1) is 7.22. The van der Waals surface area contributed by atoms with E-state index in [0.29, 0.717) is 6.54 Å². The second-order valence-electron chi connectivity index (χ2n) is 3.54. The minimum atomic E-state index is -1.22. The predicted octanol–water partition coefficient (Wildman–Crippen LogP) is -0.0293. The van der Waals surface area contributed by atoms with E-state index in [2.05, 4.69) is 5.32 Å². The molecule has 0 radical (unpaired) electrons. The first kappa shape index (κ1) is 10.4. The van der Waals surface area contributed by atoms with E-state index in [4.69, 9.17) is 9.84 Å². The Balaban J connectivity index is 2.03. The summed E-state index contributed by atoms with van der Waals surface area (Å²) in [6.07, 6.45) is 0.776. The molecule has 2 amide bonds. The van der Waals surface area contributed by atoms with E-state index in [1.54, 1.807) is 12.3 Å². The van der Waals surface area contributed by atoms with E-state index in [0.717, 1.165) is 0 Å². The third-order valence-corrected chi connectivity index (χ3v) is 2.52. The second kappa shape index (κ2) is 4.16. The average Bonchev–Trinajstić information content (AvgIpc) is 2.60. The van der Waals surface area contributed by atoms with E-state index in [1.807, 2.05) is 0 Å². The van der Waals surface area contributed by atoms with Crippen LogP contribution < -0.4 is 5.32 Å². The number of carbonyl (C=O) groups excluding carboxylic acids is 1. The number of hydrogen-bond acceptors (Lipinski definition) is 3. The van der Waals surface area contributed by atoms with Gasteiger partial charge in [0.05, 0.1) is 6.61 Å². The lowest BCUT2D eigenvalue weighted by Crippen LogP contribution is -2.45. The molecule has 2 aliphatic heterocycles. The molecule has 3 unspecified atom stereocenters. The zero-order chi connectivity index (χ0) is 10.8. The molecular formula is C9H13FN2O3. The molecule has 0 saturated carbocycles. The Morgan fingerprint density at radius 3 is 3.13 bits per heavy atom. The summed E-state index contributed by atoms with van der Waals surface area (Å²) in [5.41, 5.74) is 0. The molecule has 2 heterocycles. The van der Waals surface area contributed by atoms with Crippen LogP contribution in [0, 0.1) is 0 Å². The van der Waals surface area contributed by atoms with Gasteiger partial charge in [0.25, 0.3) is 0 Å². The topological polar surface area (TPSA) is 61.8 Å². The van der Waals surface area contributed by atoms with Crippen molar-refractivity contribution in [1.29, 1.82) is 0 Å². The van der Waals surface area contributed by atoms with Crippen LogP contribution in [0.3, 0.4) is 0 Å². The molecule has 5 nitrogen and oxygen atoms in total. The number of alkyl halides is 1. The molecule has 0 spiro atoms. The van der Waals surface area contributed by atoms with Gasteiger partial charge in [-0.3, -0.25) is 4.90 Å². The fourth-order valence-corrected chi connectivity index (χ4v) is 1.72. The molecule has 2 aliphatic rings. The van der Waals surface area contributed by atoms with Crippen LogP contribution in [0.4, 0.5) is 9.18 Å². The number of rotatable bonds is 2. The molecule has 0 aliphatic carbocycles. The lowest BCUT2D eigenvalue weighted by molar-refractivity contribution is -0.0455. The maximum absolute atomic E-state index is 13.3. The molecule has 3 atom stereocenters. The zero-order valence-corrected chi connectivity index (χ0v) is 8.10. The largest absolute Gasteiger partial charge is 0.394 e. The minimum absolute atomic E-state index is 0.100. The van der Waals surface area contributed by atoms with Crippen LogP contribution in [0.5, 0.6) is 0 Å². The summed E-state index contributed by atoms with van der Waals surface area (Å²) < 4.78 is 18.5. The number of carbonyl (C=O) groups is 1.